The molecule has 0 unspecified atom stereocenters. The minimum absolute atomic E-state index is 0.179. The molecule has 0 spiro atoms. The van der Waals surface area contributed by atoms with E-state index in [2.05, 4.69) is 10.6 Å². The SMILES string of the molecule is COc1ccc(C(=O)NCCNC(=O)c2ccccc2N(C)C(=O)c2cccs2)cc1. The third kappa shape index (κ3) is 5.49. The Bertz CT molecular complexity index is 1050. The number of carbonyl (C=O) groups excluding carboxylic acids is 3. The predicted octanol–water partition coefficient (Wildman–Crippen LogP) is 3.19. The zero-order valence-corrected chi connectivity index (χ0v) is 18.1. The van der Waals surface area contributed by atoms with Crippen molar-refractivity contribution in [3.63, 3.8) is 0 Å². The lowest BCUT2D eigenvalue weighted by Crippen LogP contribution is -2.35. The molecule has 0 saturated carbocycles. The fraction of sp³-hybridized carbons (Fsp3) is 0.174. The average Bonchev–Trinajstić information content (AvgIpc) is 3.35. The number of amides is 3. The Morgan fingerprint density at radius 3 is 2.23 bits per heavy atom. The highest BCUT2D eigenvalue weighted by Gasteiger charge is 2.20. The lowest BCUT2D eigenvalue weighted by atomic mass is 10.1. The molecule has 3 rings (SSSR count). The maximum atomic E-state index is 12.7. The van der Waals surface area contributed by atoms with Gasteiger partial charge in [0.25, 0.3) is 17.7 Å². The maximum Gasteiger partial charge on any atom is 0.268 e. The molecule has 8 heteroatoms. The number of hydrogen-bond donors (Lipinski definition) is 2. The molecule has 0 aliphatic rings. The van der Waals surface area contributed by atoms with E-state index >= 15 is 0 Å². The fourth-order valence-electron chi connectivity index (χ4n) is 2.92. The van der Waals surface area contributed by atoms with Crippen molar-refractivity contribution in [3.8, 4) is 5.75 Å². The largest absolute Gasteiger partial charge is 0.497 e. The number of rotatable bonds is 8. The van der Waals surface area contributed by atoms with Crippen LogP contribution < -0.4 is 20.3 Å². The lowest BCUT2D eigenvalue weighted by Gasteiger charge is -2.20. The maximum absolute atomic E-state index is 12.7. The summed E-state index contributed by atoms with van der Waals surface area (Å²) in [5, 5.41) is 7.38. The van der Waals surface area contributed by atoms with Crippen LogP contribution in [0, 0.1) is 0 Å². The lowest BCUT2D eigenvalue weighted by molar-refractivity contribution is 0.0927. The van der Waals surface area contributed by atoms with E-state index in [9.17, 15) is 14.4 Å². The summed E-state index contributed by atoms with van der Waals surface area (Å²) in [5.41, 5.74) is 1.41. The van der Waals surface area contributed by atoms with E-state index in [1.165, 1.54) is 16.2 Å². The molecule has 0 fully saturated rings. The number of benzene rings is 2. The number of carbonyl (C=O) groups is 3. The zero-order chi connectivity index (χ0) is 22.2. The molecule has 31 heavy (non-hydrogen) atoms. The van der Waals surface area contributed by atoms with Crippen LogP contribution in [0.2, 0.25) is 0 Å². The van der Waals surface area contributed by atoms with Crippen molar-refractivity contribution in [2.45, 2.75) is 0 Å². The Morgan fingerprint density at radius 2 is 1.58 bits per heavy atom. The van der Waals surface area contributed by atoms with Crippen molar-refractivity contribution < 1.29 is 19.1 Å². The van der Waals surface area contributed by atoms with E-state index in [0.29, 0.717) is 27.4 Å². The van der Waals surface area contributed by atoms with Gasteiger partial charge in [0.05, 0.1) is 23.2 Å². The van der Waals surface area contributed by atoms with Crippen LogP contribution in [0.5, 0.6) is 5.75 Å². The molecule has 3 amide bonds. The van der Waals surface area contributed by atoms with E-state index in [4.69, 9.17) is 4.74 Å². The van der Waals surface area contributed by atoms with E-state index in [1.54, 1.807) is 68.8 Å². The molecule has 2 N–H and O–H groups in total. The fourth-order valence-corrected chi connectivity index (χ4v) is 3.62. The van der Waals surface area contributed by atoms with Crippen molar-refractivity contribution >= 4 is 34.7 Å². The number of hydrogen-bond acceptors (Lipinski definition) is 5. The van der Waals surface area contributed by atoms with Gasteiger partial charge in [-0.3, -0.25) is 14.4 Å². The van der Waals surface area contributed by atoms with Crippen LogP contribution in [-0.4, -0.2) is 45.0 Å². The standard InChI is InChI=1S/C23H23N3O4S/c1-26(23(29)20-8-5-15-31-20)19-7-4-3-6-18(19)22(28)25-14-13-24-21(27)16-9-11-17(30-2)12-10-16/h3-12,15H,13-14H2,1-2H3,(H,24,27)(H,25,28). The first-order valence-corrected chi connectivity index (χ1v) is 10.5. The van der Waals surface area contributed by atoms with Gasteiger partial charge >= 0.3 is 0 Å². The van der Waals surface area contributed by atoms with Crippen LogP contribution >= 0.6 is 11.3 Å². The van der Waals surface area contributed by atoms with Gasteiger partial charge in [0.15, 0.2) is 0 Å². The topological polar surface area (TPSA) is 87.7 Å². The summed E-state index contributed by atoms with van der Waals surface area (Å²) >= 11 is 1.35. The molecule has 7 nitrogen and oxygen atoms in total. The van der Waals surface area contributed by atoms with E-state index in [-0.39, 0.29) is 30.8 Å². The molecule has 0 bridgehead atoms. The normalized spacial score (nSPS) is 10.3. The Labute approximate surface area is 184 Å². The van der Waals surface area contributed by atoms with Crippen LogP contribution in [0.15, 0.2) is 66.0 Å². The van der Waals surface area contributed by atoms with Gasteiger partial charge in [-0.2, -0.15) is 0 Å². The molecule has 3 aromatic rings. The zero-order valence-electron chi connectivity index (χ0n) is 17.3. The van der Waals surface area contributed by atoms with Crippen molar-refractivity contribution in [3.05, 3.63) is 82.0 Å². The highest BCUT2D eigenvalue weighted by Crippen LogP contribution is 2.22. The number of thiophene rings is 1. The first kappa shape index (κ1) is 22.0. The third-order valence-corrected chi connectivity index (χ3v) is 5.45. The minimum atomic E-state index is -0.319. The van der Waals surface area contributed by atoms with E-state index < -0.39 is 0 Å². The molecule has 2 aromatic carbocycles. The second kappa shape index (κ2) is 10.4. The summed E-state index contributed by atoms with van der Waals surface area (Å²) < 4.78 is 5.07. The van der Waals surface area contributed by atoms with E-state index in [1.807, 2.05) is 11.4 Å². The molecule has 0 atom stereocenters. The number of ether oxygens (including phenoxy) is 1. The summed E-state index contributed by atoms with van der Waals surface area (Å²) in [6.07, 6.45) is 0. The van der Waals surface area contributed by atoms with Gasteiger partial charge in [-0.1, -0.05) is 18.2 Å². The monoisotopic (exact) mass is 437 g/mol. The summed E-state index contributed by atoms with van der Waals surface area (Å²) in [4.78, 5) is 39.6. The summed E-state index contributed by atoms with van der Waals surface area (Å²) in [5.74, 6) is -0.0642. The van der Waals surface area contributed by atoms with Gasteiger partial charge < -0.3 is 20.3 Å². The van der Waals surface area contributed by atoms with Crippen LogP contribution in [0.3, 0.4) is 0 Å². The average molecular weight is 438 g/mol. The Morgan fingerprint density at radius 1 is 0.903 bits per heavy atom. The first-order chi connectivity index (χ1) is 15.0. The molecule has 0 aliphatic carbocycles. The molecular formula is C23H23N3O4S. The molecule has 1 aromatic heterocycles. The van der Waals surface area contributed by atoms with Gasteiger partial charge in [0, 0.05) is 25.7 Å². The van der Waals surface area contributed by atoms with Crippen molar-refractivity contribution in [1.29, 1.82) is 0 Å². The van der Waals surface area contributed by atoms with Gasteiger partial charge in [0.1, 0.15) is 5.75 Å². The van der Waals surface area contributed by atoms with Crippen molar-refractivity contribution in [2.24, 2.45) is 0 Å². The van der Waals surface area contributed by atoms with Gasteiger partial charge in [0.2, 0.25) is 0 Å². The molecule has 0 radical (unpaired) electrons. The highest BCUT2D eigenvalue weighted by atomic mass is 32.1. The van der Waals surface area contributed by atoms with Gasteiger partial charge in [-0.05, 0) is 47.8 Å². The van der Waals surface area contributed by atoms with Crippen LogP contribution in [0.25, 0.3) is 0 Å². The minimum Gasteiger partial charge on any atom is -0.497 e. The van der Waals surface area contributed by atoms with E-state index in [0.717, 1.165) is 0 Å². The summed E-state index contributed by atoms with van der Waals surface area (Å²) in [7, 11) is 3.20. The van der Waals surface area contributed by atoms with Crippen LogP contribution in [-0.2, 0) is 0 Å². The third-order valence-electron chi connectivity index (χ3n) is 4.59. The Balaban J connectivity index is 1.56. The molecular weight excluding hydrogens is 414 g/mol. The predicted molar refractivity (Wildman–Crippen MR) is 121 cm³/mol. The molecule has 0 aliphatic heterocycles. The highest BCUT2D eigenvalue weighted by molar-refractivity contribution is 7.12. The number of anilines is 1. The number of nitrogens with zero attached hydrogens (tertiary/aromatic N) is 1. The smallest absolute Gasteiger partial charge is 0.268 e. The quantitative estimate of drug-likeness (QED) is 0.530. The second-order valence-corrected chi connectivity index (χ2v) is 7.55. The van der Waals surface area contributed by atoms with Crippen molar-refractivity contribution in [2.75, 3.05) is 32.1 Å². The first-order valence-electron chi connectivity index (χ1n) is 9.62. The van der Waals surface area contributed by atoms with Gasteiger partial charge in [-0.15, -0.1) is 11.3 Å². The van der Waals surface area contributed by atoms with Crippen molar-refractivity contribution in [1.82, 2.24) is 10.6 Å². The van der Waals surface area contributed by atoms with Crippen LogP contribution in [0.4, 0.5) is 5.69 Å². The summed E-state index contributed by atoms with van der Waals surface area (Å²) in [6.45, 7) is 0.514. The number of methoxy groups -OCH3 is 1. The van der Waals surface area contributed by atoms with Crippen LogP contribution in [0.1, 0.15) is 30.4 Å². The molecule has 0 saturated heterocycles. The second-order valence-electron chi connectivity index (χ2n) is 6.60. The Kier molecular flexibility index (Phi) is 7.40. The number of nitrogens with one attached hydrogen (secondary N) is 2. The Hall–Kier alpha value is -3.65. The molecule has 1 heterocycles. The van der Waals surface area contributed by atoms with Gasteiger partial charge in [-0.25, -0.2) is 0 Å². The molecule has 160 valence electrons. The number of para-hydroxylation sites is 1. The summed E-state index contributed by atoms with van der Waals surface area (Å²) in [6, 6.07) is 17.2.